The number of nitro groups is 1. The number of nitrogens with zero attached hydrogens (tertiary/aromatic N) is 3. The monoisotopic (exact) mass is 431 g/mol. The third-order valence-electron chi connectivity index (χ3n) is 3.93. The summed E-state index contributed by atoms with van der Waals surface area (Å²) in [6.07, 6.45) is 2.83. The molecule has 9 heteroatoms. The first-order valence-corrected chi connectivity index (χ1v) is 9.52. The second-order valence-electron chi connectivity index (χ2n) is 6.21. The van der Waals surface area contributed by atoms with Crippen LogP contribution in [0.4, 0.5) is 22.7 Å². The number of carbonyl (C=O) groups is 1. The number of benzene rings is 3. The van der Waals surface area contributed by atoms with Gasteiger partial charge in [0.25, 0.3) is 5.69 Å². The lowest BCUT2D eigenvalue weighted by molar-refractivity contribution is -0.384. The molecular formula is C22H17N5O3S. The minimum atomic E-state index is -0.483. The molecule has 0 fully saturated rings. The van der Waals surface area contributed by atoms with E-state index < -0.39 is 10.8 Å². The number of rotatable bonds is 6. The maximum Gasteiger partial charge on any atom is 0.269 e. The Balaban J connectivity index is 1.50. The zero-order valence-electron chi connectivity index (χ0n) is 16.1. The standard InChI is InChI=1S/C22H17N5O3S/c28-21(15-8-16-6-13-20(14-7-16)27(29)30)24-22(31)23-17-9-11-19(12-10-17)26-25-18-4-2-1-3-5-18/h1-15H,(H2,23,24,28,31). The molecule has 0 bridgehead atoms. The van der Waals surface area contributed by atoms with E-state index in [1.165, 1.54) is 24.3 Å². The third-order valence-corrected chi connectivity index (χ3v) is 4.13. The number of nitro benzene ring substituents is 1. The van der Waals surface area contributed by atoms with Crippen LogP contribution in [0.25, 0.3) is 6.08 Å². The number of hydrogen-bond acceptors (Lipinski definition) is 6. The Morgan fingerprint density at radius 3 is 2.13 bits per heavy atom. The minimum absolute atomic E-state index is 0.0143. The Bertz CT molecular complexity index is 1130. The Morgan fingerprint density at radius 2 is 1.52 bits per heavy atom. The first kappa shape index (κ1) is 21.5. The van der Waals surface area contributed by atoms with E-state index >= 15 is 0 Å². The molecule has 0 radical (unpaired) electrons. The molecule has 0 aliphatic carbocycles. The van der Waals surface area contributed by atoms with Crippen molar-refractivity contribution >= 4 is 52.1 Å². The van der Waals surface area contributed by atoms with Crippen LogP contribution >= 0.6 is 12.2 Å². The summed E-state index contributed by atoms with van der Waals surface area (Å²) in [5.41, 5.74) is 2.76. The average Bonchev–Trinajstić information content (AvgIpc) is 2.78. The molecule has 0 aliphatic heterocycles. The molecule has 8 nitrogen and oxygen atoms in total. The van der Waals surface area contributed by atoms with E-state index in [1.807, 2.05) is 30.3 Å². The molecule has 3 rings (SSSR count). The molecule has 0 aromatic heterocycles. The molecule has 2 N–H and O–H groups in total. The largest absolute Gasteiger partial charge is 0.332 e. The summed E-state index contributed by atoms with van der Waals surface area (Å²) < 4.78 is 0. The molecular weight excluding hydrogens is 414 g/mol. The van der Waals surface area contributed by atoms with Crippen molar-refractivity contribution in [2.75, 3.05) is 5.32 Å². The van der Waals surface area contributed by atoms with E-state index in [0.29, 0.717) is 16.9 Å². The number of thiocarbonyl (C=S) groups is 1. The lowest BCUT2D eigenvalue weighted by atomic mass is 10.2. The first-order chi connectivity index (χ1) is 15.0. The van der Waals surface area contributed by atoms with E-state index in [0.717, 1.165) is 5.69 Å². The van der Waals surface area contributed by atoms with Gasteiger partial charge in [0, 0.05) is 23.9 Å². The molecule has 0 unspecified atom stereocenters. The number of nitrogens with one attached hydrogen (secondary N) is 2. The molecule has 0 heterocycles. The van der Waals surface area contributed by atoms with Crippen molar-refractivity contribution in [2.24, 2.45) is 10.2 Å². The number of non-ortho nitro benzene ring substituents is 1. The molecule has 1 amide bonds. The Labute approximate surface area is 183 Å². The second-order valence-corrected chi connectivity index (χ2v) is 6.62. The van der Waals surface area contributed by atoms with Gasteiger partial charge in [0.15, 0.2) is 5.11 Å². The Kier molecular flexibility index (Phi) is 7.28. The third kappa shape index (κ3) is 6.94. The van der Waals surface area contributed by atoms with Crippen LogP contribution in [0.15, 0.2) is 95.2 Å². The molecule has 0 atom stereocenters. The van der Waals surface area contributed by atoms with Gasteiger partial charge in [0.1, 0.15) is 0 Å². The van der Waals surface area contributed by atoms with Crippen molar-refractivity contribution in [3.05, 3.63) is 101 Å². The van der Waals surface area contributed by atoms with E-state index in [2.05, 4.69) is 20.9 Å². The van der Waals surface area contributed by atoms with E-state index in [1.54, 1.807) is 36.4 Å². The van der Waals surface area contributed by atoms with Crippen LogP contribution in [0, 0.1) is 10.1 Å². The molecule has 0 saturated heterocycles. The van der Waals surface area contributed by atoms with Crippen molar-refractivity contribution in [2.45, 2.75) is 0 Å². The van der Waals surface area contributed by atoms with Crippen LogP contribution < -0.4 is 10.6 Å². The average molecular weight is 431 g/mol. The number of azo groups is 1. The highest BCUT2D eigenvalue weighted by Gasteiger charge is 2.04. The molecule has 3 aromatic rings. The summed E-state index contributed by atoms with van der Waals surface area (Å²) in [5.74, 6) is -0.427. The molecule has 0 spiro atoms. The van der Waals surface area contributed by atoms with Crippen molar-refractivity contribution in [3.63, 3.8) is 0 Å². The van der Waals surface area contributed by atoms with Gasteiger partial charge in [0.2, 0.25) is 5.91 Å². The quantitative estimate of drug-likeness (QED) is 0.175. The zero-order chi connectivity index (χ0) is 22.1. The normalized spacial score (nSPS) is 10.8. The first-order valence-electron chi connectivity index (χ1n) is 9.11. The molecule has 0 aliphatic rings. The molecule has 154 valence electrons. The minimum Gasteiger partial charge on any atom is -0.332 e. The summed E-state index contributed by atoms with van der Waals surface area (Å²) in [7, 11) is 0. The second kappa shape index (κ2) is 10.5. The van der Waals surface area contributed by atoms with Crippen molar-refractivity contribution in [1.82, 2.24) is 5.32 Å². The van der Waals surface area contributed by atoms with Crippen LogP contribution in [0.2, 0.25) is 0 Å². The zero-order valence-corrected chi connectivity index (χ0v) is 17.0. The highest BCUT2D eigenvalue weighted by Crippen LogP contribution is 2.20. The van der Waals surface area contributed by atoms with E-state index in [9.17, 15) is 14.9 Å². The summed E-state index contributed by atoms with van der Waals surface area (Å²) in [6.45, 7) is 0. The molecule has 31 heavy (non-hydrogen) atoms. The van der Waals surface area contributed by atoms with E-state index in [-0.39, 0.29) is 10.8 Å². The van der Waals surface area contributed by atoms with Crippen LogP contribution in [-0.2, 0) is 4.79 Å². The fourth-order valence-electron chi connectivity index (χ4n) is 2.42. The number of carbonyl (C=O) groups excluding carboxylic acids is 1. The number of hydrogen-bond donors (Lipinski definition) is 2. The van der Waals surface area contributed by atoms with Crippen LogP contribution in [0.5, 0.6) is 0 Å². The maximum absolute atomic E-state index is 12.0. The topological polar surface area (TPSA) is 109 Å². The van der Waals surface area contributed by atoms with Crippen LogP contribution in [0.1, 0.15) is 5.56 Å². The fraction of sp³-hybridized carbons (Fsp3) is 0. The molecule has 0 saturated carbocycles. The Morgan fingerprint density at radius 1 is 0.903 bits per heavy atom. The lowest BCUT2D eigenvalue weighted by Crippen LogP contribution is -2.32. The van der Waals surface area contributed by atoms with Gasteiger partial charge in [-0.05, 0) is 72.4 Å². The van der Waals surface area contributed by atoms with Gasteiger partial charge in [0.05, 0.1) is 16.3 Å². The van der Waals surface area contributed by atoms with Gasteiger partial charge in [-0.25, -0.2) is 0 Å². The molecule has 3 aromatic carbocycles. The lowest BCUT2D eigenvalue weighted by Gasteiger charge is -2.08. The van der Waals surface area contributed by atoms with Gasteiger partial charge >= 0.3 is 0 Å². The smallest absolute Gasteiger partial charge is 0.269 e. The predicted octanol–water partition coefficient (Wildman–Crippen LogP) is 5.54. The van der Waals surface area contributed by atoms with Gasteiger partial charge < -0.3 is 5.32 Å². The van der Waals surface area contributed by atoms with Crippen molar-refractivity contribution in [1.29, 1.82) is 0 Å². The summed E-state index contributed by atoms with van der Waals surface area (Å²) in [4.78, 5) is 22.2. The van der Waals surface area contributed by atoms with Gasteiger partial charge in [-0.15, -0.1) is 0 Å². The fourth-order valence-corrected chi connectivity index (χ4v) is 2.63. The predicted molar refractivity (Wildman–Crippen MR) is 124 cm³/mol. The van der Waals surface area contributed by atoms with Crippen molar-refractivity contribution < 1.29 is 9.72 Å². The number of amides is 1. The number of anilines is 1. The van der Waals surface area contributed by atoms with Gasteiger partial charge in [-0.3, -0.25) is 20.2 Å². The SMILES string of the molecule is O=C(C=Cc1ccc([N+](=O)[O-])cc1)NC(=S)Nc1ccc(N=Nc2ccccc2)cc1. The Hall–Kier alpha value is -4.24. The van der Waals surface area contributed by atoms with Crippen molar-refractivity contribution in [3.8, 4) is 0 Å². The van der Waals surface area contributed by atoms with Crippen LogP contribution in [-0.4, -0.2) is 15.9 Å². The van der Waals surface area contributed by atoms with Gasteiger partial charge in [-0.2, -0.15) is 10.2 Å². The highest BCUT2D eigenvalue weighted by molar-refractivity contribution is 7.80. The van der Waals surface area contributed by atoms with Crippen LogP contribution in [0.3, 0.4) is 0 Å². The highest BCUT2D eigenvalue weighted by atomic mass is 32.1. The summed E-state index contributed by atoms with van der Waals surface area (Å²) in [6, 6.07) is 22.3. The van der Waals surface area contributed by atoms with Gasteiger partial charge in [-0.1, -0.05) is 18.2 Å². The van der Waals surface area contributed by atoms with E-state index in [4.69, 9.17) is 12.2 Å². The summed E-state index contributed by atoms with van der Waals surface area (Å²) >= 11 is 5.14. The summed E-state index contributed by atoms with van der Waals surface area (Å²) in [5, 5.41) is 24.5. The maximum atomic E-state index is 12.0.